The van der Waals surface area contributed by atoms with Crippen molar-refractivity contribution >= 4 is 35.5 Å². The maximum atomic E-state index is 10.5. The first-order valence-corrected chi connectivity index (χ1v) is 3.01. The maximum absolute atomic E-state index is 10.5. The molecule has 0 aliphatic rings. The molecule has 0 spiro atoms. The summed E-state index contributed by atoms with van der Waals surface area (Å²) < 4.78 is 0. The molecular formula is C7H9NNaO2. The Bertz CT molecular complexity index is 248. The Hall–Kier alpha value is -0.250. The van der Waals surface area contributed by atoms with E-state index in [9.17, 15) is 4.79 Å². The number of nitrogens with one attached hydrogen (secondary N) is 1. The van der Waals surface area contributed by atoms with Crippen LogP contribution in [0.3, 0.4) is 0 Å². The van der Waals surface area contributed by atoms with E-state index in [2.05, 4.69) is 4.98 Å². The maximum Gasteiger partial charge on any atom is 0.337 e. The number of hydrogen-bond acceptors (Lipinski definition) is 1. The van der Waals surface area contributed by atoms with Crippen LogP contribution in [0.4, 0.5) is 0 Å². The molecule has 2 N–H and O–H groups in total. The molecule has 11 heavy (non-hydrogen) atoms. The minimum absolute atomic E-state index is 0. The van der Waals surface area contributed by atoms with Crippen molar-refractivity contribution in [2.24, 2.45) is 0 Å². The number of carboxylic acids is 1. The minimum Gasteiger partial charge on any atom is -0.478 e. The van der Waals surface area contributed by atoms with Crippen LogP contribution in [0.15, 0.2) is 6.20 Å². The summed E-state index contributed by atoms with van der Waals surface area (Å²) in [5.41, 5.74) is 1.88. The Kier molecular flexibility index (Phi) is 3.86. The van der Waals surface area contributed by atoms with Gasteiger partial charge in [0.15, 0.2) is 0 Å². The van der Waals surface area contributed by atoms with Crippen molar-refractivity contribution in [3.05, 3.63) is 23.0 Å². The van der Waals surface area contributed by atoms with Crippen molar-refractivity contribution in [3.63, 3.8) is 0 Å². The fourth-order valence-corrected chi connectivity index (χ4v) is 0.986. The molecule has 0 saturated heterocycles. The van der Waals surface area contributed by atoms with E-state index in [-0.39, 0.29) is 29.6 Å². The molecule has 55 valence electrons. The van der Waals surface area contributed by atoms with E-state index in [0.717, 1.165) is 5.56 Å². The second-order valence-corrected chi connectivity index (χ2v) is 2.28. The normalized spacial score (nSPS) is 8.91. The smallest absolute Gasteiger partial charge is 0.337 e. The molecule has 3 nitrogen and oxygen atoms in total. The standard InChI is InChI=1S/C7H9NO2.Na/c1-4-3-8-5(2)6(4)7(9)10;/h3,8H,1-2H3,(H,9,10);. The number of H-pyrrole nitrogens is 1. The number of hydrogen-bond donors (Lipinski definition) is 2. The number of aromatic carboxylic acids is 1. The Morgan fingerprint density at radius 1 is 1.55 bits per heavy atom. The molecule has 1 rings (SSSR count). The molecule has 1 radical (unpaired) electrons. The van der Waals surface area contributed by atoms with Gasteiger partial charge in [0.2, 0.25) is 0 Å². The van der Waals surface area contributed by atoms with Crippen molar-refractivity contribution < 1.29 is 9.90 Å². The Morgan fingerprint density at radius 3 is 2.27 bits per heavy atom. The number of carboxylic acid groups (broad SMARTS) is 1. The van der Waals surface area contributed by atoms with Crippen molar-refractivity contribution in [3.8, 4) is 0 Å². The van der Waals surface area contributed by atoms with Gasteiger partial charge in [-0.05, 0) is 19.4 Å². The first-order chi connectivity index (χ1) is 4.63. The zero-order valence-electron chi connectivity index (χ0n) is 6.93. The van der Waals surface area contributed by atoms with Gasteiger partial charge in [0.05, 0.1) is 5.56 Å². The number of aryl methyl sites for hydroxylation is 2. The van der Waals surface area contributed by atoms with Crippen LogP contribution in [0.2, 0.25) is 0 Å². The topological polar surface area (TPSA) is 53.1 Å². The predicted octanol–water partition coefficient (Wildman–Crippen LogP) is 0.949. The van der Waals surface area contributed by atoms with E-state index in [1.54, 1.807) is 20.0 Å². The Balaban J connectivity index is 0.000001000. The minimum atomic E-state index is -0.865. The molecule has 1 aromatic rings. The average Bonchev–Trinajstić information content (AvgIpc) is 2.11. The number of carbonyl (C=O) groups is 1. The molecule has 0 aliphatic heterocycles. The fraction of sp³-hybridized carbons (Fsp3) is 0.286. The summed E-state index contributed by atoms with van der Waals surface area (Å²) in [6.07, 6.45) is 1.69. The van der Waals surface area contributed by atoms with Crippen LogP contribution >= 0.6 is 0 Å². The molecule has 0 aliphatic carbocycles. The van der Waals surface area contributed by atoms with Gasteiger partial charge in [0, 0.05) is 41.4 Å². The third kappa shape index (κ3) is 2.09. The van der Waals surface area contributed by atoms with Crippen molar-refractivity contribution in [2.45, 2.75) is 13.8 Å². The summed E-state index contributed by atoms with van der Waals surface area (Å²) in [6, 6.07) is 0. The largest absolute Gasteiger partial charge is 0.478 e. The molecule has 4 heteroatoms. The predicted molar refractivity (Wildman–Crippen MR) is 43.0 cm³/mol. The van der Waals surface area contributed by atoms with Gasteiger partial charge in [-0.2, -0.15) is 0 Å². The van der Waals surface area contributed by atoms with Crippen LogP contribution in [0.1, 0.15) is 21.6 Å². The van der Waals surface area contributed by atoms with E-state index in [1.807, 2.05) is 0 Å². The van der Waals surface area contributed by atoms with Gasteiger partial charge in [-0.1, -0.05) is 0 Å². The van der Waals surface area contributed by atoms with E-state index < -0.39 is 5.97 Å². The van der Waals surface area contributed by atoms with Gasteiger partial charge in [0.1, 0.15) is 0 Å². The molecule has 0 atom stereocenters. The number of aromatic nitrogens is 1. The Labute approximate surface area is 87.1 Å². The quantitative estimate of drug-likeness (QED) is 0.604. The van der Waals surface area contributed by atoms with E-state index in [0.29, 0.717) is 11.3 Å². The first kappa shape index (κ1) is 10.8. The van der Waals surface area contributed by atoms with Crippen molar-refractivity contribution in [1.29, 1.82) is 0 Å². The molecule has 0 unspecified atom stereocenters. The third-order valence-corrected chi connectivity index (χ3v) is 1.49. The zero-order valence-corrected chi connectivity index (χ0v) is 8.93. The summed E-state index contributed by atoms with van der Waals surface area (Å²) in [7, 11) is 0. The van der Waals surface area contributed by atoms with Gasteiger partial charge in [-0.25, -0.2) is 4.79 Å². The molecule has 0 fully saturated rings. The Morgan fingerprint density at radius 2 is 2.09 bits per heavy atom. The van der Waals surface area contributed by atoms with Crippen LogP contribution in [0, 0.1) is 13.8 Å². The summed E-state index contributed by atoms with van der Waals surface area (Å²) in [4.78, 5) is 13.3. The van der Waals surface area contributed by atoms with E-state index in [4.69, 9.17) is 5.11 Å². The summed E-state index contributed by atoms with van der Waals surface area (Å²) in [5, 5.41) is 8.62. The van der Waals surface area contributed by atoms with Gasteiger partial charge < -0.3 is 10.1 Å². The summed E-state index contributed by atoms with van der Waals surface area (Å²) in [6.45, 7) is 3.52. The zero-order chi connectivity index (χ0) is 7.72. The van der Waals surface area contributed by atoms with Crippen LogP contribution in [-0.4, -0.2) is 45.6 Å². The second kappa shape index (κ2) is 3.95. The van der Waals surface area contributed by atoms with E-state index >= 15 is 0 Å². The van der Waals surface area contributed by atoms with Crippen LogP contribution in [-0.2, 0) is 0 Å². The van der Waals surface area contributed by atoms with E-state index in [1.165, 1.54) is 0 Å². The summed E-state index contributed by atoms with van der Waals surface area (Å²) in [5.74, 6) is -0.865. The number of rotatable bonds is 1. The molecular weight excluding hydrogens is 153 g/mol. The second-order valence-electron chi connectivity index (χ2n) is 2.28. The monoisotopic (exact) mass is 162 g/mol. The van der Waals surface area contributed by atoms with Crippen molar-refractivity contribution in [1.82, 2.24) is 4.98 Å². The molecule has 0 aromatic carbocycles. The van der Waals surface area contributed by atoms with Crippen molar-refractivity contribution in [2.75, 3.05) is 0 Å². The number of aromatic amines is 1. The van der Waals surface area contributed by atoms with Gasteiger partial charge >= 0.3 is 5.97 Å². The first-order valence-electron chi connectivity index (χ1n) is 3.01. The van der Waals surface area contributed by atoms with Gasteiger partial charge in [0.25, 0.3) is 0 Å². The van der Waals surface area contributed by atoms with Crippen LogP contribution in [0.5, 0.6) is 0 Å². The van der Waals surface area contributed by atoms with Gasteiger partial charge in [-0.15, -0.1) is 0 Å². The molecule has 1 aromatic heterocycles. The molecule has 0 bridgehead atoms. The van der Waals surface area contributed by atoms with Crippen LogP contribution < -0.4 is 0 Å². The fourth-order valence-electron chi connectivity index (χ4n) is 0.986. The molecule has 1 heterocycles. The average molecular weight is 162 g/mol. The van der Waals surface area contributed by atoms with Crippen LogP contribution in [0.25, 0.3) is 0 Å². The van der Waals surface area contributed by atoms with Gasteiger partial charge in [-0.3, -0.25) is 0 Å². The summed E-state index contributed by atoms with van der Waals surface area (Å²) >= 11 is 0. The third-order valence-electron chi connectivity index (χ3n) is 1.49. The SMILES string of the molecule is Cc1c[nH]c(C)c1C(=O)O.[Na]. The molecule has 0 saturated carbocycles. The molecule has 0 amide bonds.